The second-order valence-electron chi connectivity index (χ2n) is 10.4. The molecule has 3 fully saturated rings. The molecule has 3 aromatic rings. The van der Waals surface area contributed by atoms with Gasteiger partial charge in [-0.2, -0.15) is 5.26 Å². The number of phenols is 1. The molecule has 35 heavy (non-hydrogen) atoms. The van der Waals surface area contributed by atoms with Crippen molar-refractivity contribution in [2.75, 3.05) is 4.90 Å². The minimum Gasteiger partial charge on any atom is -0.507 e. The van der Waals surface area contributed by atoms with E-state index >= 15 is 4.39 Å². The first-order valence-electron chi connectivity index (χ1n) is 11.9. The SMILES string of the molecule is C[C@]12CC[C@](C)(N1)[C@H](F)[C@H](N(c1ncc(-c3ccc(-c4cnc(C#N)s4)cc3O)nn1)C1CC1)C2. The number of alkyl halides is 1. The van der Waals surface area contributed by atoms with Gasteiger partial charge in [0.25, 0.3) is 0 Å². The molecule has 4 heterocycles. The molecule has 180 valence electrons. The predicted octanol–water partition coefficient (Wildman–Crippen LogP) is 4.22. The van der Waals surface area contributed by atoms with Crippen LogP contribution in [0.25, 0.3) is 21.7 Å². The summed E-state index contributed by atoms with van der Waals surface area (Å²) >= 11 is 1.26. The zero-order valence-electron chi connectivity index (χ0n) is 19.6. The highest BCUT2D eigenvalue weighted by Gasteiger charge is 2.58. The van der Waals surface area contributed by atoms with E-state index in [9.17, 15) is 5.11 Å². The number of aromatic hydroxyl groups is 1. The Morgan fingerprint density at radius 3 is 2.69 bits per heavy atom. The number of hydrogen-bond acceptors (Lipinski definition) is 9. The van der Waals surface area contributed by atoms with Crippen molar-refractivity contribution in [2.24, 2.45) is 0 Å². The highest BCUT2D eigenvalue weighted by Crippen LogP contribution is 2.47. The molecule has 2 aliphatic heterocycles. The summed E-state index contributed by atoms with van der Waals surface area (Å²) in [4.78, 5) is 11.5. The van der Waals surface area contributed by atoms with Gasteiger partial charge in [0.2, 0.25) is 5.95 Å². The van der Waals surface area contributed by atoms with Gasteiger partial charge in [0.1, 0.15) is 23.7 Å². The van der Waals surface area contributed by atoms with E-state index in [2.05, 4.69) is 37.3 Å². The Morgan fingerprint density at radius 2 is 2.03 bits per heavy atom. The lowest BCUT2D eigenvalue weighted by molar-refractivity contribution is 0.0828. The monoisotopic (exact) mass is 491 g/mol. The summed E-state index contributed by atoms with van der Waals surface area (Å²) in [6, 6.07) is 7.18. The van der Waals surface area contributed by atoms with Gasteiger partial charge in [-0.05, 0) is 63.6 Å². The van der Waals surface area contributed by atoms with Crippen molar-refractivity contribution in [2.45, 2.75) is 75.3 Å². The van der Waals surface area contributed by atoms with Crippen LogP contribution in [0.5, 0.6) is 5.75 Å². The number of rotatable bonds is 5. The summed E-state index contributed by atoms with van der Waals surface area (Å²) in [5, 5.41) is 32.3. The normalized spacial score (nSPS) is 29.7. The van der Waals surface area contributed by atoms with Crippen molar-refractivity contribution >= 4 is 17.3 Å². The molecule has 10 heteroatoms. The largest absolute Gasteiger partial charge is 0.507 e. The van der Waals surface area contributed by atoms with E-state index in [0.29, 0.717) is 28.6 Å². The van der Waals surface area contributed by atoms with Crippen LogP contribution in [0, 0.1) is 11.3 Å². The van der Waals surface area contributed by atoms with Crippen LogP contribution in [0.1, 0.15) is 51.0 Å². The second-order valence-corrected chi connectivity index (χ2v) is 11.5. The fraction of sp³-hybridized carbons (Fsp3) is 0.480. The summed E-state index contributed by atoms with van der Waals surface area (Å²) in [7, 11) is 0. The predicted molar refractivity (Wildman–Crippen MR) is 131 cm³/mol. The molecule has 0 spiro atoms. The number of fused-ring (bicyclic) bond motifs is 2. The number of thiazole rings is 1. The van der Waals surface area contributed by atoms with Gasteiger partial charge in [-0.1, -0.05) is 6.07 Å². The third kappa shape index (κ3) is 3.83. The van der Waals surface area contributed by atoms with Gasteiger partial charge in [0.05, 0.1) is 17.1 Å². The van der Waals surface area contributed by atoms with Crippen molar-refractivity contribution in [3.05, 3.63) is 35.6 Å². The van der Waals surface area contributed by atoms with Crippen molar-refractivity contribution in [1.82, 2.24) is 25.5 Å². The van der Waals surface area contributed by atoms with E-state index in [4.69, 9.17) is 5.26 Å². The fourth-order valence-electron chi connectivity index (χ4n) is 5.75. The Hall–Kier alpha value is -3.16. The molecule has 0 amide bonds. The van der Waals surface area contributed by atoms with E-state index in [-0.39, 0.29) is 23.4 Å². The highest BCUT2D eigenvalue weighted by atomic mass is 32.1. The van der Waals surface area contributed by atoms with Crippen LogP contribution in [-0.2, 0) is 0 Å². The molecule has 0 radical (unpaired) electrons. The molecule has 1 saturated carbocycles. The number of nitrogens with zero attached hydrogens (tertiary/aromatic N) is 6. The first-order valence-corrected chi connectivity index (χ1v) is 12.7. The molecule has 0 unspecified atom stereocenters. The smallest absolute Gasteiger partial charge is 0.245 e. The number of piperidine rings is 1. The standard InChI is InChI=1S/C25H26FN7OS/c1-24-7-8-25(2,32-24)22(26)18(10-24)33(15-4-5-15)23-29-12-17(30-31-23)16-6-3-14(9-19(16)34)20-13-28-21(11-27)35-20/h3,6,9,12-13,15,18,22,32,34H,4-5,7-8,10H2,1-2H3/t18-,22-,24-,25+/m1/s1. The summed E-state index contributed by atoms with van der Waals surface area (Å²) < 4.78 is 15.8. The lowest BCUT2D eigenvalue weighted by atomic mass is 9.82. The first-order chi connectivity index (χ1) is 16.8. The minimum absolute atomic E-state index is 0.0388. The summed E-state index contributed by atoms with van der Waals surface area (Å²) in [5.74, 6) is 0.485. The molecule has 2 N–H and O–H groups in total. The average Bonchev–Trinajstić information content (AvgIpc) is 3.48. The Labute approximate surface area is 206 Å². The molecular weight excluding hydrogens is 465 g/mol. The number of anilines is 1. The van der Waals surface area contributed by atoms with E-state index in [0.717, 1.165) is 36.1 Å². The van der Waals surface area contributed by atoms with Crippen LogP contribution in [0.3, 0.4) is 0 Å². The van der Waals surface area contributed by atoms with E-state index < -0.39 is 11.7 Å². The van der Waals surface area contributed by atoms with Gasteiger partial charge in [0, 0.05) is 28.9 Å². The third-order valence-corrected chi connectivity index (χ3v) is 8.58. The van der Waals surface area contributed by atoms with Gasteiger partial charge in [-0.15, -0.1) is 21.5 Å². The Morgan fingerprint density at radius 1 is 1.20 bits per heavy atom. The van der Waals surface area contributed by atoms with Crippen LogP contribution in [0.2, 0.25) is 0 Å². The molecule has 1 aromatic carbocycles. The number of nitrogens with one attached hydrogen (secondary N) is 1. The maximum atomic E-state index is 15.8. The Bertz CT molecular complexity index is 1320. The first kappa shape index (κ1) is 22.3. The average molecular weight is 492 g/mol. The Kier molecular flexibility index (Phi) is 5.06. The van der Waals surface area contributed by atoms with E-state index in [1.54, 1.807) is 24.5 Å². The van der Waals surface area contributed by atoms with E-state index in [1.165, 1.54) is 11.3 Å². The van der Waals surface area contributed by atoms with Gasteiger partial charge < -0.3 is 15.3 Å². The maximum Gasteiger partial charge on any atom is 0.245 e. The van der Waals surface area contributed by atoms with Crippen molar-refractivity contribution in [1.29, 1.82) is 5.26 Å². The van der Waals surface area contributed by atoms with Gasteiger partial charge >= 0.3 is 0 Å². The maximum absolute atomic E-state index is 15.8. The number of phenolic OH excluding ortho intramolecular Hbond substituents is 1. The molecule has 6 rings (SSSR count). The number of nitriles is 1. The molecule has 2 saturated heterocycles. The summed E-state index contributed by atoms with van der Waals surface area (Å²) in [6.07, 6.45) is 6.69. The quantitative estimate of drug-likeness (QED) is 0.546. The number of hydrogen-bond donors (Lipinski definition) is 2. The van der Waals surface area contributed by atoms with Crippen LogP contribution < -0.4 is 10.2 Å². The van der Waals surface area contributed by atoms with Gasteiger partial charge in [-0.25, -0.2) is 14.4 Å². The minimum atomic E-state index is -1.02. The van der Waals surface area contributed by atoms with Gasteiger partial charge in [0.15, 0.2) is 5.01 Å². The van der Waals surface area contributed by atoms with E-state index in [1.807, 2.05) is 19.1 Å². The lowest BCUT2D eigenvalue weighted by Gasteiger charge is -2.48. The lowest BCUT2D eigenvalue weighted by Crippen LogP contribution is -2.66. The van der Waals surface area contributed by atoms with Crippen LogP contribution in [-0.4, -0.2) is 54.6 Å². The molecule has 2 bridgehead atoms. The summed E-state index contributed by atoms with van der Waals surface area (Å²) in [6.45, 7) is 4.17. The fourth-order valence-corrected chi connectivity index (χ4v) is 6.46. The Balaban J connectivity index is 1.28. The number of halogens is 1. The van der Waals surface area contributed by atoms with Gasteiger partial charge in [-0.3, -0.25) is 0 Å². The molecular formula is C25H26FN7OS. The zero-order chi connectivity index (χ0) is 24.4. The molecule has 2 aromatic heterocycles. The van der Waals surface area contributed by atoms with Crippen molar-refractivity contribution < 1.29 is 9.50 Å². The second kappa shape index (κ2) is 7.93. The van der Waals surface area contributed by atoms with Crippen LogP contribution in [0.4, 0.5) is 10.3 Å². The third-order valence-electron chi connectivity index (χ3n) is 7.63. The number of benzene rings is 1. The topological polar surface area (TPSA) is 111 Å². The zero-order valence-corrected chi connectivity index (χ0v) is 20.4. The van der Waals surface area contributed by atoms with Crippen molar-refractivity contribution in [3.8, 4) is 33.5 Å². The van der Waals surface area contributed by atoms with Crippen LogP contribution >= 0.6 is 11.3 Å². The summed E-state index contributed by atoms with van der Waals surface area (Å²) in [5.41, 5.74) is 1.10. The van der Waals surface area contributed by atoms with Crippen LogP contribution in [0.15, 0.2) is 30.6 Å². The molecule has 1 aliphatic carbocycles. The van der Waals surface area contributed by atoms with Crippen molar-refractivity contribution in [3.63, 3.8) is 0 Å². The molecule has 4 atom stereocenters. The molecule has 3 aliphatic rings. The number of aromatic nitrogens is 4. The highest BCUT2D eigenvalue weighted by molar-refractivity contribution is 7.15. The molecule has 8 nitrogen and oxygen atoms in total.